The molecule has 0 aliphatic heterocycles. The Morgan fingerprint density at radius 3 is 2.04 bits per heavy atom. The zero-order valence-electron chi connectivity index (χ0n) is 13.4. The van der Waals surface area contributed by atoms with Crippen LogP contribution in [-0.4, -0.2) is 34.6 Å². The van der Waals surface area contributed by atoms with E-state index in [9.17, 15) is 18.0 Å². The largest absolute Gasteiger partial charge is 0.741 e. The number of rotatable bonds is 4. The third-order valence-electron chi connectivity index (χ3n) is 3.14. The summed E-state index contributed by atoms with van der Waals surface area (Å²) in [6.45, 7) is 6.10. The lowest BCUT2D eigenvalue weighted by molar-refractivity contribution is -0.715. The summed E-state index contributed by atoms with van der Waals surface area (Å²) >= 11 is 1.62. The predicted molar refractivity (Wildman–Crippen MR) is 77.8 cm³/mol. The van der Waals surface area contributed by atoms with E-state index >= 15 is 0 Å². The van der Waals surface area contributed by atoms with Crippen molar-refractivity contribution in [3.63, 3.8) is 0 Å². The molecule has 0 amide bonds. The van der Waals surface area contributed by atoms with Crippen LogP contribution in [0.2, 0.25) is 0 Å². The van der Waals surface area contributed by atoms with E-state index < -0.39 is 15.6 Å². The summed E-state index contributed by atoms with van der Waals surface area (Å²) in [4.78, 5) is 11.3. The molecule has 1 aromatic heterocycles. The molecule has 0 aliphatic rings. The molecule has 11 heteroatoms. The van der Waals surface area contributed by atoms with Gasteiger partial charge in [-0.25, -0.2) is 17.6 Å². The maximum Gasteiger partial charge on any atom is 0.485 e. The molecule has 0 aromatic carbocycles. The standard InChI is InChI=1S/C11H19N2OS.CHF3O3S/c1-6-10(14)7-15-11-12(4)8(2)9(3)13(11)5;2-1(3,4)8(5,6)7/h6-7H2,1-5H3;(H,5,6,7)/q+1;/p-1. The lowest BCUT2D eigenvalue weighted by Crippen LogP contribution is -2.32. The van der Waals surface area contributed by atoms with Gasteiger partial charge in [0.1, 0.15) is 17.2 Å². The fraction of sp³-hybridized carbons (Fsp3) is 0.667. The molecule has 0 spiro atoms. The second-order valence-electron chi connectivity index (χ2n) is 4.65. The minimum Gasteiger partial charge on any atom is -0.741 e. The average molecular weight is 376 g/mol. The van der Waals surface area contributed by atoms with Crippen molar-refractivity contribution >= 4 is 27.7 Å². The fourth-order valence-electron chi connectivity index (χ4n) is 1.44. The summed E-state index contributed by atoms with van der Waals surface area (Å²) in [5.41, 5.74) is -3.14. The number of halogens is 3. The molecule has 0 saturated carbocycles. The summed E-state index contributed by atoms with van der Waals surface area (Å²) in [6.07, 6.45) is 0.624. The van der Waals surface area contributed by atoms with Crippen molar-refractivity contribution in [2.75, 3.05) is 5.75 Å². The van der Waals surface area contributed by atoms with Crippen LogP contribution in [0.3, 0.4) is 0 Å². The van der Waals surface area contributed by atoms with E-state index in [1.165, 1.54) is 11.4 Å². The molecule has 23 heavy (non-hydrogen) atoms. The number of hydrogen-bond acceptors (Lipinski definition) is 5. The Labute approximate surface area is 137 Å². The smallest absolute Gasteiger partial charge is 0.485 e. The topological polar surface area (TPSA) is 83.1 Å². The highest BCUT2D eigenvalue weighted by Crippen LogP contribution is 2.20. The van der Waals surface area contributed by atoms with Crippen LogP contribution < -0.4 is 4.57 Å². The van der Waals surface area contributed by atoms with Gasteiger partial charge in [-0.05, 0) is 11.8 Å². The van der Waals surface area contributed by atoms with Gasteiger partial charge in [0.15, 0.2) is 10.1 Å². The molecule has 0 N–H and O–H groups in total. The molecule has 0 unspecified atom stereocenters. The van der Waals surface area contributed by atoms with E-state index in [1.54, 1.807) is 11.8 Å². The highest BCUT2D eigenvalue weighted by Gasteiger charge is 2.36. The number of aromatic nitrogens is 2. The zero-order chi connectivity index (χ0) is 18.6. The number of carbonyl (C=O) groups excluding carboxylic acids is 1. The molecule has 0 radical (unpaired) electrons. The first kappa shape index (κ1) is 21.9. The van der Waals surface area contributed by atoms with Crippen LogP contribution in [0.1, 0.15) is 24.7 Å². The maximum atomic E-state index is 11.3. The third-order valence-corrected chi connectivity index (χ3v) is 4.98. The minimum absolute atomic E-state index is 0.302. The molecule has 0 atom stereocenters. The number of imidazole rings is 1. The van der Waals surface area contributed by atoms with Crippen molar-refractivity contribution in [3.05, 3.63) is 11.4 Å². The van der Waals surface area contributed by atoms with E-state index in [2.05, 4.69) is 23.0 Å². The van der Waals surface area contributed by atoms with Crippen LogP contribution >= 0.6 is 11.8 Å². The van der Waals surface area contributed by atoms with Crippen molar-refractivity contribution in [1.29, 1.82) is 0 Å². The van der Waals surface area contributed by atoms with E-state index in [0.717, 1.165) is 5.16 Å². The second kappa shape index (κ2) is 8.15. The first-order valence-electron chi connectivity index (χ1n) is 6.42. The van der Waals surface area contributed by atoms with E-state index in [1.807, 2.05) is 21.0 Å². The van der Waals surface area contributed by atoms with Gasteiger partial charge in [-0.2, -0.15) is 13.2 Å². The van der Waals surface area contributed by atoms with Crippen molar-refractivity contribution in [2.45, 2.75) is 37.9 Å². The number of thioether (sulfide) groups is 1. The average Bonchev–Trinajstić information content (AvgIpc) is 2.59. The summed E-state index contributed by atoms with van der Waals surface area (Å²) in [5, 5.41) is 1.15. The van der Waals surface area contributed by atoms with Gasteiger partial charge in [0, 0.05) is 20.3 Å². The van der Waals surface area contributed by atoms with Gasteiger partial charge in [0.05, 0.1) is 19.8 Å². The van der Waals surface area contributed by atoms with Gasteiger partial charge in [-0.15, -0.1) is 0 Å². The second-order valence-corrected chi connectivity index (χ2v) is 6.97. The van der Waals surface area contributed by atoms with Crippen LogP contribution in [0.25, 0.3) is 0 Å². The Bertz CT molecular complexity index is 641. The molecule has 1 heterocycles. The maximum absolute atomic E-state index is 11.3. The van der Waals surface area contributed by atoms with Crippen molar-refractivity contribution < 1.29 is 35.5 Å². The molecule has 0 fully saturated rings. The molecule has 6 nitrogen and oxygen atoms in total. The van der Waals surface area contributed by atoms with Crippen LogP contribution in [0.5, 0.6) is 0 Å². The van der Waals surface area contributed by atoms with Gasteiger partial charge >= 0.3 is 10.7 Å². The lowest BCUT2D eigenvalue weighted by atomic mass is 10.4. The molecule has 0 saturated heterocycles. The normalized spacial score (nSPS) is 11.9. The van der Waals surface area contributed by atoms with Crippen molar-refractivity contribution in [1.82, 2.24) is 4.57 Å². The Balaban J connectivity index is 0.000000515. The summed E-state index contributed by atoms with van der Waals surface area (Å²) < 4.78 is 63.2. The van der Waals surface area contributed by atoms with E-state index in [-0.39, 0.29) is 0 Å². The van der Waals surface area contributed by atoms with Crippen LogP contribution in [0.4, 0.5) is 13.2 Å². The molecule has 0 aliphatic carbocycles. The Morgan fingerprint density at radius 1 is 1.35 bits per heavy atom. The third kappa shape index (κ3) is 6.15. The quantitative estimate of drug-likeness (QED) is 0.345. The van der Waals surface area contributed by atoms with Gasteiger partial charge in [-0.1, -0.05) is 6.92 Å². The number of carbonyl (C=O) groups is 1. The van der Waals surface area contributed by atoms with E-state index in [0.29, 0.717) is 18.0 Å². The number of hydrogen-bond donors (Lipinski definition) is 0. The highest BCUT2D eigenvalue weighted by molar-refractivity contribution is 7.99. The van der Waals surface area contributed by atoms with Crippen LogP contribution in [0.15, 0.2) is 5.16 Å². The number of ketones is 1. The molecule has 1 aromatic rings. The van der Waals surface area contributed by atoms with E-state index in [4.69, 9.17) is 13.0 Å². The van der Waals surface area contributed by atoms with Crippen LogP contribution in [-0.2, 0) is 29.0 Å². The van der Waals surface area contributed by atoms with Gasteiger partial charge in [-0.3, -0.25) is 4.79 Å². The first-order valence-corrected chi connectivity index (χ1v) is 8.81. The molecule has 134 valence electrons. The Morgan fingerprint density at radius 2 is 1.78 bits per heavy atom. The van der Waals surface area contributed by atoms with Gasteiger partial charge in [0.25, 0.3) is 0 Å². The summed E-state index contributed by atoms with van der Waals surface area (Å²) in [5.74, 6) is 0.873. The molecule has 1 rings (SSSR count). The molecule has 0 bridgehead atoms. The number of nitrogens with zero attached hydrogens (tertiary/aromatic N) is 2. The summed E-state index contributed by atoms with van der Waals surface area (Å²) in [6, 6.07) is 0. The fourth-order valence-corrected chi connectivity index (χ4v) is 2.59. The Kier molecular flexibility index (Phi) is 7.77. The number of alkyl halides is 3. The SMILES string of the molecule is CCC(=O)CSc1n(C)c(C)c(C)[n+]1C.O=S(=O)([O-])C(F)(F)F. The Hall–Kier alpha value is -1.07. The minimum atomic E-state index is -6.09. The molecular weight excluding hydrogens is 357 g/mol. The van der Waals surface area contributed by atoms with Crippen LogP contribution in [0, 0.1) is 13.8 Å². The predicted octanol–water partition coefficient (Wildman–Crippen LogP) is 1.59. The van der Waals surface area contributed by atoms with Gasteiger partial charge < -0.3 is 4.55 Å². The number of Topliss-reactive ketones (excluding diaryl/α,β-unsaturated/α-hetero) is 1. The summed E-state index contributed by atoms with van der Waals surface area (Å²) in [7, 11) is -2.00. The lowest BCUT2D eigenvalue weighted by Gasteiger charge is -2.08. The zero-order valence-corrected chi connectivity index (χ0v) is 15.0. The van der Waals surface area contributed by atoms with Crippen molar-refractivity contribution in [2.24, 2.45) is 14.1 Å². The van der Waals surface area contributed by atoms with Gasteiger partial charge in [0.2, 0.25) is 0 Å². The van der Waals surface area contributed by atoms with Crippen molar-refractivity contribution in [3.8, 4) is 0 Å². The highest BCUT2D eigenvalue weighted by atomic mass is 32.2. The molecular formula is C12H19F3N2O4S2. The monoisotopic (exact) mass is 376 g/mol. The first-order chi connectivity index (χ1) is 10.2.